The van der Waals surface area contributed by atoms with E-state index in [0.29, 0.717) is 26.1 Å². The Bertz CT molecular complexity index is 801. The van der Waals surface area contributed by atoms with Crippen molar-refractivity contribution in [2.75, 3.05) is 13.6 Å². The van der Waals surface area contributed by atoms with Gasteiger partial charge in [-0.15, -0.1) is 11.3 Å². The Morgan fingerprint density at radius 1 is 1.30 bits per heavy atom. The van der Waals surface area contributed by atoms with Crippen molar-refractivity contribution in [3.05, 3.63) is 51.5 Å². The average Bonchev–Trinajstić information content (AvgIpc) is 3.31. The van der Waals surface area contributed by atoms with E-state index in [-0.39, 0.29) is 5.91 Å². The van der Waals surface area contributed by atoms with Gasteiger partial charge in [0, 0.05) is 44.2 Å². The number of nitrogens with one attached hydrogen (secondary N) is 2. The number of carbonyl (C=O) groups excluding carboxylic acids is 1. The molecule has 0 radical (unpaired) electrons. The minimum Gasteiger partial charge on any atom is -0.352 e. The fraction of sp³-hybridized carbons (Fsp3) is 0.450. The number of aryl methyl sites for hydroxylation is 1. The molecule has 1 aromatic heterocycles. The summed E-state index contributed by atoms with van der Waals surface area (Å²) in [5.41, 5.74) is 2.34. The van der Waals surface area contributed by atoms with E-state index in [2.05, 4.69) is 45.7 Å². The SMILES string of the molecule is CCc1cnc(CNC(=NC)NCc2cccc(CN3CCCC3=O)c2)s1. The molecule has 1 aromatic carbocycles. The molecule has 144 valence electrons. The lowest BCUT2D eigenvalue weighted by Crippen LogP contribution is -2.36. The maximum atomic E-state index is 11.8. The third-order valence-electron chi connectivity index (χ3n) is 4.58. The van der Waals surface area contributed by atoms with Gasteiger partial charge in [-0.1, -0.05) is 31.2 Å². The summed E-state index contributed by atoms with van der Waals surface area (Å²) in [5.74, 6) is 1.01. The maximum Gasteiger partial charge on any atom is 0.222 e. The molecule has 0 spiro atoms. The van der Waals surface area contributed by atoms with Gasteiger partial charge in [0.1, 0.15) is 5.01 Å². The zero-order valence-corrected chi connectivity index (χ0v) is 16.8. The molecule has 1 aliphatic heterocycles. The molecule has 0 atom stereocenters. The van der Waals surface area contributed by atoms with Gasteiger partial charge >= 0.3 is 0 Å². The molecule has 2 N–H and O–H groups in total. The van der Waals surface area contributed by atoms with Crippen LogP contribution in [-0.4, -0.2) is 35.3 Å². The Morgan fingerprint density at radius 3 is 2.81 bits per heavy atom. The number of rotatable bonds is 7. The normalized spacial score (nSPS) is 14.7. The molecule has 0 aliphatic carbocycles. The first-order valence-electron chi connectivity index (χ1n) is 9.41. The van der Waals surface area contributed by atoms with Crippen LogP contribution in [0.15, 0.2) is 35.5 Å². The first-order chi connectivity index (χ1) is 13.2. The monoisotopic (exact) mass is 385 g/mol. The van der Waals surface area contributed by atoms with E-state index >= 15 is 0 Å². The number of nitrogens with zero attached hydrogens (tertiary/aromatic N) is 3. The molecular weight excluding hydrogens is 358 g/mol. The Kier molecular flexibility index (Phi) is 6.81. The van der Waals surface area contributed by atoms with Crippen LogP contribution in [0.4, 0.5) is 0 Å². The summed E-state index contributed by atoms with van der Waals surface area (Å²) < 4.78 is 0. The van der Waals surface area contributed by atoms with Gasteiger partial charge in [-0.2, -0.15) is 0 Å². The van der Waals surface area contributed by atoms with Crippen LogP contribution < -0.4 is 10.6 Å². The largest absolute Gasteiger partial charge is 0.352 e. The lowest BCUT2D eigenvalue weighted by molar-refractivity contribution is -0.128. The lowest BCUT2D eigenvalue weighted by atomic mass is 10.1. The van der Waals surface area contributed by atoms with E-state index < -0.39 is 0 Å². The average molecular weight is 386 g/mol. The second-order valence-corrected chi connectivity index (χ2v) is 7.79. The molecule has 0 bridgehead atoms. The van der Waals surface area contributed by atoms with Crippen molar-refractivity contribution in [1.82, 2.24) is 20.5 Å². The van der Waals surface area contributed by atoms with Crippen molar-refractivity contribution in [1.29, 1.82) is 0 Å². The summed E-state index contributed by atoms with van der Waals surface area (Å²) in [5, 5.41) is 7.71. The smallest absolute Gasteiger partial charge is 0.222 e. The summed E-state index contributed by atoms with van der Waals surface area (Å²) in [7, 11) is 1.77. The van der Waals surface area contributed by atoms with Gasteiger partial charge in [0.05, 0.1) is 6.54 Å². The number of hydrogen-bond acceptors (Lipinski definition) is 4. The van der Waals surface area contributed by atoms with Gasteiger partial charge in [0.2, 0.25) is 5.91 Å². The highest BCUT2D eigenvalue weighted by atomic mass is 32.1. The number of amides is 1. The molecule has 1 aliphatic rings. The van der Waals surface area contributed by atoms with Crippen LogP contribution in [0.1, 0.15) is 40.8 Å². The van der Waals surface area contributed by atoms with Crippen LogP contribution in [0.25, 0.3) is 0 Å². The zero-order chi connectivity index (χ0) is 19.1. The summed E-state index contributed by atoms with van der Waals surface area (Å²) in [6.07, 6.45) is 4.61. The second-order valence-electron chi connectivity index (χ2n) is 6.59. The molecule has 27 heavy (non-hydrogen) atoms. The van der Waals surface area contributed by atoms with Crippen molar-refractivity contribution < 1.29 is 4.79 Å². The van der Waals surface area contributed by atoms with Gasteiger partial charge in [-0.05, 0) is 24.0 Å². The predicted octanol–water partition coefficient (Wildman–Crippen LogP) is 2.69. The summed E-state index contributed by atoms with van der Waals surface area (Å²) in [6.45, 7) is 5.05. The molecule has 1 amide bonds. The van der Waals surface area contributed by atoms with Crippen LogP contribution in [0, 0.1) is 0 Å². The number of guanidine groups is 1. The molecule has 7 heteroatoms. The van der Waals surface area contributed by atoms with Crippen LogP contribution >= 0.6 is 11.3 Å². The molecule has 1 fully saturated rings. The van der Waals surface area contributed by atoms with Crippen LogP contribution in [0.2, 0.25) is 0 Å². The fourth-order valence-electron chi connectivity index (χ4n) is 3.09. The lowest BCUT2D eigenvalue weighted by Gasteiger charge is -2.16. The van der Waals surface area contributed by atoms with E-state index in [4.69, 9.17) is 0 Å². The Morgan fingerprint density at radius 2 is 2.11 bits per heavy atom. The van der Waals surface area contributed by atoms with Crippen molar-refractivity contribution in [3.8, 4) is 0 Å². The molecule has 0 saturated carbocycles. The van der Waals surface area contributed by atoms with Crippen molar-refractivity contribution in [2.45, 2.75) is 45.8 Å². The fourth-order valence-corrected chi connectivity index (χ4v) is 3.89. The number of thiazole rings is 1. The standard InChI is InChI=1S/C20H27N5OS/c1-3-17-12-22-18(27-17)13-24-20(21-2)23-11-15-6-4-7-16(10-15)14-25-9-5-8-19(25)26/h4,6-7,10,12H,3,5,8-9,11,13-14H2,1-2H3,(H2,21,23,24). The molecule has 2 heterocycles. The number of aliphatic imine (C=N–C) groups is 1. The van der Waals surface area contributed by atoms with Crippen LogP contribution in [-0.2, 0) is 30.8 Å². The predicted molar refractivity (Wildman–Crippen MR) is 110 cm³/mol. The Labute approximate surface area is 164 Å². The molecule has 3 rings (SSSR count). The first-order valence-corrected chi connectivity index (χ1v) is 10.2. The summed E-state index contributed by atoms with van der Waals surface area (Å²) in [6, 6.07) is 8.37. The zero-order valence-electron chi connectivity index (χ0n) is 16.0. The van der Waals surface area contributed by atoms with E-state index in [9.17, 15) is 4.79 Å². The van der Waals surface area contributed by atoms with E-state index in [1.54, 1.807) is 18.4 Å². The minimum atomic E-state index is 0.261. The Hall–Kier alpha value is -2.41. The highest BCUT2D eigenvalue weighted by molar-refractivity contribution is 7.11. The van der Waals surface area contributed by atoms with Gasteiger partial charge in [-0.25, -0.2) is 4.98 Å². The molecular formula is C20H27N5OS. The van der Waals surface area contributed by atoms with E-state index in [1.807, 2.05) is 17.2 Å². The molecule has 0 unspecified atom stereocenters. The number of hydrogen-bond donors (Lipinski definition) is 2. The highest BCUT2D eigenvalue weighted by Crippen LogP contribution is 2.15. The summed E-state index contributed by atoms with van der Waals surface area (Å²) in [4.78, 5) is 23.7. The first kappa shape index (κ1) is 19.4. The van der Waals surface area contributed by atoms with Gasteiger partial charge < -0.3 is 15.5 Å². The minimum absolute atomic E-state index is 0.261. The van der Waals surface area contributed by atoms with Crippen molar-refractivity contribution >= 4 is 23.2 Å². The van der Waals surface area contributed by atoms with Crippen molar-refractivity contribution in [2.24, 2.45) is 4.99 Å². The third-order valence-corrected chi connectivity index (χ3v) is 5.72. The van der Waals surface area contributed by atoms with E-state index in [1.165, 1.54) is 16.0 Å². The Balaban J connectivity index is 1.50. The number of carbonyl (C=O) groups is 1. The number of aromatic nitrogens is 1. The quantitative estimate of drug-likeness (QED) is 0.568. The maximum absolute atomic E-state index is 11.8. The third kappa shape index (κ3) is 5.53. The number of benzene rings is 1. The van der Waals surface area contributed by atoms with E-state index in [0.717, 1.165) is 30.4 Å². The van der Waals surface area contributed by atoms with Crippen LogP contribution in [0.5, 0.6) is 0 Å². The van der Waals surface area contributed by atoms with Crippen LogP contribution in [0.3, 0.4) is 0 Å². The second kappa shape index (κ2) is 9.50. The van der Waals surface area contributed by atoms with Gasteiger partial charge in [0.25, 0.3) is 0 Å². The number of likely N-dealkylation sites (tertiary alicyclic amines) is 1. The summed E-state index contributed by atoms with van der Waals surface area (Å²) >= 11 is 1.73. The molecule has 1 saturated heterocycles. The van der Waals surface area contributed by atoms with Gasteiger partial charge in [-0.3, -0.25) is 9.79 Å². The molecule has 2 aromatic rings. The highest BCUT2D eigenvalue weighted by Gasteiger charge is 2.19. The topological polar surface area (TPSA) is 69.6 Å². The molecule has 6 nitrogen and oxygen atoms in total. The van der Waals surface area contributed by atoms with Crippen molar-refractivity contribution in [3.63, 3.8) is 0 Å². The van der Waals surface area contributed by atoms with Gasteiger partial charge in [0.15, 0.2) is 5.96 Å².